The predicted molar refractivity (Wildman–Crippen MR) is 75.7 cm³/mol. The van der Waals surface area contributed by atoms with Crippen LogP contribution in [-0.4, -0.2) is 43.7 Å². The summed E-state index contributed by atoms with van der Waals surface area (Å²) in [6.45, 7) is 2.50. The van der Waals surface area contributed by atoms with Gasteiger partial charge in [0.05, 0.1) is 6.10 Å². The van der Waals surface area contributed by atoms with Gasteiger partial charge in [0, 0.05) is 26.1 Å². The molecule has 2 N–H and O–H groups in total. The lowest BCUT2D eigenvalue weighted by Gasteiger charge is -2.36. The van der Waals surface area contributed by atoms with Crippen LogP contribution in [0.4, 0.5) is 0 Å². The molecule has 0 aromatic carbocycles. The zero-order chi connectivity index (χ0) is 13.7. The van der Waals surface area contributed by atoms with Crippen LogP contribution < -0.4 is 5.73 Å². The summed E-state index contributed by atoms with van der Waals surface area (Å²) in [7, 11) is 1.76. The van der Waals surface area contributed by atoms with Gasteiger partial charge in [-0.2, -0.15) is 0 Å². The Bertz CT molecular complexity index is 286. The van der Waals surface area contributed by atoms with Gasteiger partial charge < -0.3 is 15.4 Å². The smallest absolute Gasteiger partial charge is 0.225 e. The van der Waals surface area contributed by atoms with E-state index in [4.69, 9.17) is 10.5 Å². The van der Waals surface area contributed by atoms with Gasteiger partial charge >= 0.3 is 0 Å². The molecular weight excluding hydrogens is 240 g/mol. The van der Waals surface area contributed by atoms with E-state index in [1.807, 2.05) is 0 Å². The summed E-state index contributed by atoms with van der Waals surface area (Å²) in [6.07, 6.45) is 7.98. The number of ether oxygens (including phenoxy) is 1. The number of hydrogen-bond acceptors (Lipinski definition) is 3. The molecule has 4 nitrogen and oxygen atoms in total. The zero-order valence-corrected chi connectivity index (χ0v) is 12.1. The number of likely N-dealkylation sites (tertiary alicyclic amines) is 1. The molecule has 1 saturated heterocycles. The lowest BCUT2D eigenvalue weighted by atomic mass is 9.79. The highest BCUT2D eigenvalue weighted by molar-refractivity contribution is 5.79. The summed E-state index contributed by atoms with van der Waals surface area (Å²) in [6, 6.07) is 0. The molecule has 2 atom stereocenters. The van der Waals surface area contributed by atoms with E-state index < -0.39 is 0 Å². The summed E-state index contributed by atoms with van der Waals surface area (Å²) in [5, 5.41) is 0. The van der Waals surface area contributed by atoms with Gasteiger partial charge in [-0.1, -0.05) is 12.8 Å². The van der Waals surface area contributed by atoms with Crippen molar-refractivity contribution in [3.8, 4) is 0 Å². The Balaban J connectivity index is 1.82. The van der Waals surface area contributed by atoms with Crippen molar-refractivity contribution in [2.45, 2.75) is 51.0 Å². The first kappa shape index (κ1) is 14.8. The molecule has 2 rings (SSSR count). The Kier molecular flexibility index (Phi) is 5.64. The molecule has 110 valence electrons. The summed E-state index contributed by atoms with van der Waals surface area (Å²) in [5.74, 6) is 1.31. The normalized spacial score (nSPS) is 29.5. The first-order valence-corrected chi connectivity index (χ1v) is 7.76. The number of amides is 1. The van der Waals surface area contributed by atoms with Crippen molar-refractivity contribution in [2.75, 3.05) is 26.7 Å². The number of nitrogens with two attached hydrogens (primary N) is 1. The summed E-state index contributed by atoms with van der Waals surface area (Å²) in [4.78, 5) is 14.6. The largest absolute Gasteiger partial charge is 0.381 e. The molecule has 0 aromatic rings. The van der Waals surface area contributed by atoms with E-state index >= 15 is 0 Å². The maximum atomic E-state index is 12.6. The van der Waals surface area contributed by atoms with Crippen LogP contribution in [0.15, 0.2) is 0 Å². The van der Waals surface area contributed by atoms with E-state index in [1.54, 1.807) is 7.11 Å². The van der Waals surface area contributed by atoms with Gasteiger partial charge in [0.25, 0.3) is 0 Å². The number of hydrogen-bond donors (Lipinski definition) is 1. The third-order valence-corrected chi connectivity index (χ3v) is 4.79. The lowest BCUT2D eigenvalue weighted by Crippen LogP contribution is -2.44. The third-order valence-electron chi connectivity index (χ3n) is 4.79. The Hall–Kier alpha value is -0.610. The van der Waals surface area contributed by atoms with Crippen LogP contribution >= 0.6 is 0 Å². The van der Waals surface area contributed by atoms with E-state index in [0.717, 1.165) is 51.7 Å². The van der Waals surface area contributed by atoms with E-state index in [0.29, 0.717) is 17.9 Å². The molecule has 1 aliphatic carbocycles. The molecule has 2 aliphatic rings. The third kappa shape index (κ3) is 3.93. The Morgan fingerprint density at radius 3 is 2.63 bits per heavy atom. The minimum atomic E-state index is 0.254. The van der Waals surface area contributed by atoms with Crippen LogP contribution in [0.1, 0.15) is 44.9 Å². The molecule has 0 bridgehead atoms. The zero-order valence-electron chi connectivity index (χ0n) is 12.1. The van der Waals surface area contributed by atoms with Crippen molar-refractivity contribution in [1.82, 2.24) is 4.90 Å². The quantitative estimate of drug-likeness (QED) is 0.845. The summed E-state index contributed by atoms with van der Waals surface area (Å²) >= 11 is 0. The molecule has 2 fully saturated rings. The van der Waals surface area contributed by atoms with Gasteiger partial charge in [0.2, 0.25) is 5.91 Å². The van der Waals surface area contributed by atoms with Crippen molar-refractivity contribution in [3.05, 3.63) is 0 Å². The van der Waals surface area contributed by atoms with Gasteiger partial charge in [-0.3, -0.25) is 4.79 Å². The number of rotatable bonds is 4. The maximum Gasteiger partial charge on any atom is 0.225 e. The maximum absolute atomic E-state index is 12.6. The second-order valence-electron chi connectivity index (χ2n) is 6.07. The molecule has 1 saturated carbocycles. The molecule has 19 heavy (non-hydrogen) atoms. The molecule has 1 heterocycles. The van der Waals surface area contributed by atoms with Crippen molar-refractivity contribution in [1.29, 1.82) is 0 Å². The number of piperidine rings is 1. The summed E-state index contributed by atoms with van der Waals surface area (Å²) < 4.78 is 5.36. The Labute approximate surface area is 116 Å². The average Bonchev–Trinajstić information content (AvgIpc) is 2.47. The Morgan fingerprint density at radius 2 is 2.00 bits per heavy atom. The first-order chi connectivity index (χ1) is 9.24. The van der Waals surface area contributed by atoms with Crippen LogP contribution in [0.5, 0.6) is 0 Å². The lowest BCUT2D eigenvalue weighted by molar-refractivity contribution is -0.139. The SMILES string of the molecule is COC1CCN(C(=O)C2CCCC(CCN)C2)CC1. The standard InChI is InChI=1S/C15H28N2O2/c1-19-14-6-9-17(10-7-14)15(18)13-4-2-3-12(11-13)5-8-16/h12-14H,2-11,16H2,1H3. The highest BCUT2D eigenvalue weighted by Gasteiger charge is 2.31. The fourth-order valence-corrected chi connectivity index (χ4v) is 3.58. The van der Waals surface area contributed by atoms with Crippen LogP contribution in [-0.2, 0) is 9.53 Å². The molecule has 0 radical (unpaired) electrons. The van der Waals surface area contributed by atoms with Gasteiger partial charge in [-0.25, -0.2) is 0 Å². The number of carbonyl (C=O) groups is 1. The van der Waals surface area contributed by atoms with E-state index in [9.17, 15) is 4.79 Å². The number of methoxy groups -OCH3 is 1. The average molecular weight is 268 g/mol. The van der Waals surface area contributed by atoms with Crippen molar-refractivity contribution < 1.29 is 9.53 Å². The Morgan fingerprint density at radius 1 is 1.26 bits per heavy atom. The fourth-order valence-electron chi connectivity index (χ4n) is 3.58. The predicted octanol–water partition coefficient (Wildman–Crippen LogP) is 1.78. The van der Waals surface area contributed by atoms with Crippen LogP contribution in [0.25, 0.3) is 0 Å². The number of nitrogens with zero attached hydrogens (tertiary/aromatic N) is 1. The van der Waals surface area contributed by atoms with Crippen LogP contribution in [0.2, 0.25) is 0 Å². The van der Waals surface area contributed by atoms with Crippen LogP contribution in [0, 0.1) is 11.8 Å². The molecule has 2 unspecified atom stereocenters. The van der Waals surface area contributed by atoms with Crippen LogP contribution in [0.3, 0.4) is 0 Å². The minimum Gasteiger partial charge on any atom is -0.381 e. The molecule has 0 aromatic heterocycles. The molecule has 1 amide bonds. The highest BCUT2D eigenvalue weighted by atomic mass is 16.5. The highest BCUT2D eigenvalue weighted by Crippen LogP contribution is 2.32. The molecule has 1 aliphatic heterocycles. The van der Waals surface area contributed by atoms with Gasteiger partial charge in [0.15, 0.2) is 0 Å². The van der Waals surface area contributed by atoms with E-state index in [2.05, 4.69) is 4.90 Å². The van der Waals surface area contributed by atoms with Gasteiger partial charge in [0.1, 0.15) is 0 Å². The van der Waals surface area contributed by atoms with E-state index in [-0.39, 0.29) is 5.92 Å². The fraction of sp³-hybridized carbons (Fsp3) is 0.933. The molecule has 0 spiro atoms. The van der Waals surface area contributed by atoms with Gasteiger partial charge in [-0.05, 0) is 44.6 Å². The molecular formula is C15H28N2O2. The topological polar surface area (TPSA) is 55.6 Å². The molecule has 4 heteroatoms. The van der Waals surface area contributed by atoms with Gasteiger partial charge in [-0.15, -0.1) is 0 Å². The monoisotopic (exact) mass is 268 g/mol. The van der Waals surface area contributed by atoms with Crippen molar-refractivity contribution in [3.63, 3.8) is 0 Å². The summed E-state index contributed by atoms with van der Waals surface area (Å²) in [5.41, 5.74) is 5.65. The minimum absolute atomic E-state index is 0.254. The van der Waals surface area contributed by atoms with Crippen molar-refractivity contribution >= 4 is 5.91 Å². The second kappa shape index (κ2) is 7.25. The first-order valence-electron chi connectivity index (χ1n) is 7.76. The van der Waals surface area contributed by atoms with E-state index in [1.165, 1.54) is 12.8 Å². The van der Waals surface area contributed by atoms with Crippen molar-refractivity contribution in [2.24, 2.45) is 17.6 Å². The second-order valence-corrected chi connectivity index (χ2v) is 6.07. The number of carbonyl (C=O) groups excluding carboxylic acids is 1.